The van der Waals surface area contributed by atoms with Crippen LogP contribution in [0.2, 0.25) is 0 Å². The van der Waals surface area contributed by atoms with Crippen molar-refractivity contribution < 1.29 is 4.79 Å². The fourth-order valence-corrected chi connectivity index (χ4v) is 2.57. The molecule has 108 valence electrons. The van der Waals surface area contributed by atoms with Crippen LogP contribution in [0.15, 0.2) is 36.9 Å². The summed E-state index contributed by atoms with van der Waals surface area (Å²) < 4.78 is 0. The first-order valence-electron chi connectivity index (χ1n) is 7.42. The van der Waals surface area contributed by atoms with Crippen molar-refractivity contribution in [3.8, 4) is 0 Å². The molecule has 0 saturated carbocycles. The number of rotatable bonds is 5. The van der Waals surface area contributed by atoms with Gasteiger partial charge in [-0.2, -0.15) is 0 Å². The number of amides is 1. The van der Waals surface area contributed by atoms with Crippen LogP contribution in [0.5, 0.6) is 0 Å². The van der Waals surface area contributed by atoms with Gasteiger partial charge >= 0.3 is 0 Å². The zero-order valence-electron chi connectivity index (χ0n) is 12.3. The molecule has 0 aromatic heterocycles. The molecule has 1 aliphatic rings. The molecule has 1 aliphatic heterocycles. The molecule has 0 spiro atoms. The van der Waals surface area contributed by atoms with Gasteiger partial charge < -0.3 is 10.2 Å². The second-order valence-electron chi connectivity index (χ2n) is 5.67. The third-order valence-corrected chi connectivity index (χ3v) is 3.97. The van der Waals surface area contributed by atoms with Crippen LogP contribution in [-0.4, -0.2) is 30.4 Å². The Kier molecular flexibility index (Phi) is 5.36. The van der Waals surface area contributed by atoms with Gasteiger partial charge in [0.05, 0.1) is 0 Å². The second-order valence-corrected chi connectivity index (χ2v) is 5.67. The Morgan fingerprint density at radius 3 is 2.90 bits per heavy atom. The molecule has 0 aliphatic carbocycles. The highest BCUT2D eigenvalue weighted by atomic mass is 16.1. The highest BCUT2D eigenvalue weighted by Crippen LogP contribution is 2.17. The lowest BCUT2D eigenvalue weighted by Gasteiger charge is -2.30. The van der Waals surface area contributed by atoms with Crippen LogP contribution in [0.3, 0.4) is 0 Å². The summed E-state index contributed by atoms with van der Waals surface area (Å²) in [7, 11) is 0. The molecule has 1 fully saturated rings. The maximum absolute atomic E-state index is 11.3. The van der Waals surface area contributed by atoms with Gasteiger partial charge in [0.2, 0.25) is 5.91 Å². The van der Waals surface area contributed by atoms with Crippen LogP contribution in [-0.2, 0) is 11.2 Å². The summed E-state index contributed by atoms with van der Waals surface area (Å²) >= 11 is 0. The van der Waals surface area contributed by atoms with E-state index in [-0.39, 0.29) is 5.91 Å². The van der Waals surface area contributed by atoms with Crippen molar-refractivity contribution in [2.24, 2.45) is 5.92 Å². The predicted molar refractivity (Wildman–Crippen MR) is 83.8 cm³/mol. The Morgan fingerprint density at radius 1 is 1.45 bits per heavy atom. The van der Waals surface area contributed by atoms with Crippen LogP contribution in [0, 0.1) is 5.92 Å². The molecule has 3 heteroatoms. The summed E-state index contributed by atoms with van der Waals surface area (Å²) in [6.45, 7) is 9.34. The van der Waals surface area contributed by atoms with Crippen molar-refractivity contribution in [1.82, 2.24) is 4.90 Å². The van der Waals surface area contributed by atoms with E-state index in [0.29, 0.717) is 0 Å². The molecule has 1 aromatic carbocycles. The summed E-state index contributed by atoms with van der Waals surface area (Å²) in [6, 6.07) is 8.07. The van der Waals surface area contributed by atoms with Gasteiger partial charge in [-0.25, -0.2) is 0 Å². The van der Waals surface area contributed by atoms with E-state index in [2.05, 4.69) is 29.8 Å². The standard InChI is InChI=1S/C17H24N2O/c1-3-17(20)18-16-6-4-5-15(13-16)9-12-19-10-7-14(2)8-11-19/h3-6,13-14H,1,7-12H2,2H3,(H,18,20). The number of hydrogen-bond acceptors (Lipinski definition) is 2. The maximum atomic E-state index is 11.3. The largest absolute Gasteiger partial charge is 0.323 e. The number of hydrogen-bond donors (Lipinski definition) is 1. The van der Waals surface area contributed by atoms with Gasteiger partial charge in [-0.05, 0) is 62.0 Å². The monoisotopic (exact) mass is 272 g/mol. The highest BCUT2D eigenvalue weighted by molar-refractivity contribution is 5.98. The van der Waals surface area contributed by atoms with Gasteiger partial charge in [0.1, 0.15) is 0 Å². The van der Waals surface area contributed by atoms with E-state index in [1.165, 1.54) is 37.6 Å². The zero-order chi connectivity index (χ0) is 14.4. The van der Waals surface area contributed by atoms with Gasteiger partial charge in [-0.1, -0.05) is 25.6 Å². The van der Waals surface area contributed by atoms with E-state index < -0.39 is 0 Å². The molecule has 1 aromatic rings. The Morgan fingerprint density at radius 2 is 2.20 bits per heavy atom. The van der Waals surface area contributed by atoms with Crippen LogP contribution >= 0.6 is 0 Å². The van der Waals surface area contributed by atoms with Crippen LogP contribution in [0.1, 0.15) is 25.3 Å². The Labute approximate surface area is 121 Å². The van der Waals surface area contributed by atoms with Gasteiger partial charge in [0.15, 0.2) is 0 Å². The van der Waals surface area contributed by atoms with Crippen LogP contribution in [0.25, 0.3) is 0 Å². The summed E-state index contributed by atoms with van der Waals surface area (Å²) in [5, 5.41) is 2.81. The van der Waals surface area contributed by atoms with E-state index in [9.17, 15) is 4.79 Å². The molecule has 3 nitrogen and oxygen atoms in total. The van der Waals surface area contributed by atoms with Gasteiger partial charge in [0.25, 0.3) is 0 Å². The molecule has 0 unspecified atom stereocenters. The summed E-state index contributed by atoms with van der Waals surface area (Å²) in [4.78, 5) is 13.8. The van der Waals surface area contributed by atoms with Crippen LogP contribution < -0.4 is 5.32 Å². The maximum Gasteiger partial charge on any atom is 0.247 e. The van der Waals surface area contributed by atoms with Crippen molar-refractivity contribution >= 4 is 11.6 Å². The van der Waals surface area contributed by atoms with Crippen LogP contribution in [0.4, 0.5) is 5.69 Å². The molecule has 0 bridgehead atoms. The van der Waals surface area contributed by atoms with E-state index in [0.717, 1.165) is 24.6 Å². The lowest BCUT2D eigenvalue weighted by molar-refractivity contribution is -0.111. The number of nitrogens with one attached hydrogen (secondary N) is 1. The van der Waals surface area contributed by atoms with Crippen molar-refractivity contribution in [2.45, 2.75) is 26.2 Å². The SMILES string of the molecule is C=CC(=O)Nc1cccc(CCN2CCC(C)CC2)c1. The molecule has 1 amide bonds. The molecule has 1 saturated heterocycles. The zero-order valence-corrected chi connectivity index (χ0v) is 12.3. The minimum Gasteiger partial charge on any atom is -0.323 e. The topological polar surface area (TPSA) is 32.3 Å². The number of piperidine rings is 1. The van der Waals surface area contributed by atoms with Crippen molar-refractivity contribution in [3.63, 3.8) is 0 Å². The summed E-state index contributed by atoms with van der Waals surface area (Å²) in [6.07, 6.45) is 4.96. The first-order valence-corrected chi connectivity index (χ1v) is 7.42. The minimum absolute atomic E-state index is 0.160. The number of carbonyl (C=O) groups is 1. The lowest BCUT2D eigenvalue weighted by atomic mass is 9.99. The third-order valence-electron chi connectivity index (χ3n) is 3.97. The number of benzene rings is 1. The van der Waals surface area contributed by atoms with E-state index in [1.807, 2.05) is 18.2 Å². The van der Waals surface area contributed by atoms with E-state index in [1.54, 1.807) is 0 Å². The molecular formula is C17H24N2O. The molecule has 0 radical (unpaired) electrons. The highest BCUT2D eigenvalue weighted by Gasteiger charge is 2.15. The first kappa shape index (κ1) is 14.8. The average molecular weight is 272 g/mol. The molecule has 0 atom stereocenters. The molecule has 20 heavy (non-hydrogen) atoms. The number of carbonyl (C=O) groups excluding carboxylic acids is 1. The minimum atomic E-state index is -0.160. The van der Waals surface area contributed by atoms with Gasteiger partial charge in [0, 0.05) is 12.2 Å². The summed E-state index contributed by atoms with van der Waals surface area (Å²) in [5.41, 5.74) is 2.12. The van der Waals surface area contributed by atoms with E-state index >= 15 is 0 Å². The number of anilines is 1. The summed E-state index contributed by atoms with van der Waals surface area (Å²) in [5.74, 6) is 0.718. The second kappa shape index (κ2) is 7.25. The molecule has 1 N–H and O–H groups in total. The molecule has 2 rings (SSSR count). The van der Waals surface area contributed by atoms with Crippen molar-refractivity contribution in [2.75, 3.05) is 25.0 Å². The smallest absolute Gasteiger partial charge is 0.247 e. The average Bonchev–Trinajstić information content (AvgIpc) is 2.47. The fraction of sp³-hybridized carbons (Fsp3) is 0.471. The Bertz CT molecular complexity index is 462. The van der Waals surface area contributed by atoms with Crippen molar-refractivity contribution in [3.05, 3.63) is 42.5 Å². The molecule has 1 heterocycles. The fourth-order valence-electron chi connectivity index (χ4n) is 2.57. The Balaban J connectivity index is 1.85. The van der Waals surface area contributed by atoms with Gasteiger partial charge in [-0.3, -0.25) is 4.79 Å². The third kappa shape index (κ3) is 4.49. The first-order chi connectivity index (χ1) is 9.67. The van der Waals surface area contributed by atoms with Crippen molar-refractivity contribution in [1.29, 1.82) is 0 Å². The lowest BCUT2D eigenvalue weighted by Crippen LogP contribution is -2.34. The molecular weight excluding hydrogens is 248 g/mol. The predicted octanol–water partition coefficient (Wildman–Crippen LogP) is 3.09. The number of likely N-dealkylation sites (tertiary alicyclic amines) is 1. The quantitative estimate of drug-likeness (QED) is 0.835. The van der Waals surface area contributed by atoms with Gasteiger partial charge in [-0.15, -0.1) is 0 Å². The Hall–Kier alpha value is -1.61. The normalized spacial score (nSPS) is 16.9. The van der Waals surface area contributed by atoms with E-state index in [4.69, 9.17) is 0 Å². The number of nitrogens with zero attached hydrogens (tertiary/aromatic N) is 1.